The van der Waals surface area contributed by atoms with Gasteiger partial charge in [0.1, 0.15) is 0 Å². The Morgan fingerprint density at radius 2 is 2.38 bits per heavy atom. The molecule has 1 unspecified atom stereocenters. The van der Waals surface area contributed by atoms with Gasteiger partial charge in [0.25, 0.3) is 0 Å². The van der Waals surface area contributed by atoms with Crippen molar-refractivity contribution >= 4 is 0 Å². The summed E-state index contributed by atoms with van der Waals surface area (Å²) in [7, 11) is 0. The number of hydrogen-bond acceptors (Lipinski definition) is 2. The number of nitrogens with two attached hydrogens (primary N) is 1. The summed E-state index contributed by atoms with van der Waals surface area (Å²) in [6.07, 6.45) is 6.49. The second kappa shape index (κ2) is 5.49. The Morgan fingerprint density at radius 1 is 1.54 bits per heavy atom. The van der Waals surface area contributed by atoms with E-state index in [1.165, 1.54) is 0 Å². The third-order valence-corrected chi connectivity index (χ3v) is 1.97. The van der Waals surface area contributed by atoms with E-state index >= 15 is 0 Å². The van der Waals surface area contributed by atoms with Gasteiger partial charge in [-0.1, -0.05) is 12.1 Å². The van der Waals surface area contributed by atoms with Crippen molar-refractivity contribution in [3.63, 3.8) is 0 Å². The Labute approximate surface area is 79.5 Å². The minimum atomic E-state index is 0.222. The number of aromatic nitrogens is 1. The van der Waals surface area contributed by atoms with Gasteiger partial charge in [0.05, 0.1) is 0 Å². The number of pyridine rings is 1. The van der Waals surface area contributed by atoms with E-state index in [-0.39, 0.29) is 6.04 Å². The molecule has 2 nitrogen and oxygen atoms in total. The van der Waals surface area contributed by atoms with Gasteiger partial charge in [-0.15, -0.1) is 6.58 Å². The van der Waals surface area contributed by atoms with Crippen molar-refractivity contribution < 1.29 is 0 Å². The van der Waals surface area contributed by atoms with Gasteiger partial charge in [-0.05, 0) is 31.4 Å². The largest absolute Gasteiger partial charge is 0.327 e. The van der Waals surface area contributed by atoms with E-state index in [1.807, 2.05) is 30.5 Å². The highest BCUT2D eigenvalue weighted by atomic mass is 14.7. The summed E-state index contributed by atoms with van der Waals surface area (Å²) < 4.78 is 0. The molecule has 2 N–H and O–H groups in total. The van der Waals surface area contributed by atoms with E-state index in [0.717, 1.165) is 25.0 Å². The maximum Gasteiger partial charge on any atom is 0.0404 e. The molecular weight excluding hydrogens is 160 g/mol. The van der Waals surface area contributed by atoms with Crippen LogP contribution in [0.5, 0.6) is 0 Å². The van der Waals surface area contributed by atoms with Gasteiger partial charge in [0.15, 0.2) is 0 Å². The summed E-state index contributed by atoms with van der Waals surface area (Å²) >= 11 is 0. The van der Waals surface area contributed by atoms with Gasteiger partial charge in [-0.2, -0.15) is 0 Å². The molecule has 2 heteroatoms. The van der Waals surface area contributed by atoms with Crippen molar-refractivity contribution in [3.8, 4) is 0 Å². The molecule has 0 fully saturated rings. The van der Waals surface area contributed by atoms with Crippen LogP contribution in [0, 0.1) is 0 Å². The lowest BCUT2D eigenvalue weighted by atomic mass is 10.1. The van der Waals surface area contributed by atoms with Crippen molar-refractivity contribution in [2.24, 2.45) is 5.73 Å². The maximum atomic E-state index is 5.83. The molecular formula is C11H16N2. The third-order valence-electron chi connectivity index (χ3n) is 1.97. The summed E-state index contributed by atoms with van der Waals surface area (Å²) in [5.74, 6) is 0. The van der Waals surface area contributed by atoms with E-state index in [9.17, 15) is 0 Å². The first-order valence-electron chi connectivity index (χ1n) is 4.59. The lowest BCUT2D eigenvalue weighted by Crippen LogP contribution is -2.19. The molecule has 0 spiro atoms. The lowest BCUT2D eigenvalue weighted by molar-refractivity contribution is 0.616. The average molecular weight is 176 g/mol. The molecule has 1 heterocycles. The van der Waals surface area contributed by atoms with Crippen LogP contribution < -0.4 is 5.73 Å². The predicted octanol–water partition coefficient (Wildman–Crippen LogP) is 1.92. The van der Waals surface area contributed by atoms with Crippen molar-refractivity contribution in [2.75, 3.05) is 0 Å². The van der Waals surface area contributed by atoms with Crippen LogP contribution in [0.3, 0.4) is 0 Å². The number of nitrogens with zero attached hydrogens (tertiary/aromatic N) is 1. The molecule has 0 aliphatic heterocycles. The van der Waals surface area contributed by atoms with Gasteiger partial charge < -0.3 is 5.73 Å². The van der Waals surface area contributed by atoms with Gasteiger partial charge in [0.2, 0.25) is 0 Å². The first-order chi connectivity index (χ1) is 6.33. The highest BCUT2D eigenvalue weighted by Crippen LogP contribution is 2.02. The van der Waals surface area contributed by atoms with Gasteiger partial charge in [0, 0.05) is 17.9 Å². The van der Waals surface area contributed by atoms with Crippen molar-refractivity contribution in [1.29, 1.82) is 0 Å². The van der Waals surface area contributed by atoms with E-state index in [4.69, 9.17) is 5.73 Å². The Hall–Kier alpha value is -1.15. The second-order valence-corrected chi connectivity index (χ2v) is 3.14. The van der Waals surface area contributed by atoms with Crippen LogP contribution in [0.2, 0.25) is 0 Å². The Balaban J connectivity index is 2.30. The molecule has 0 amide bonds. The SMILES string of the molecule is C=CCC(N)CCc1ccccn1. The van der Waals surface area contributed by atoms with Crippen LogP contribution in [-0.4, -0.2) is 11.0 Å². The third kappa shape index (κ3) is 3.85. The van der Waals surface area contributed by atoms with E-state index in [1.54, 1.807) is 0 Å². The summed E-state index contributed by atoms with van der Waals surface area (Å²) in [6.45, 7) is 3.66. The topological polar surface area (TPSA) is 38.9 Å². The molecule has 0 aliphatic rings. The first kappa shape index (κ1) is 9.93. The molecule has 1 atom stereocenters. The maximum absolute atomic E-state index is 5.83. The van der Waals surface area contributed by atoms with Crippen LogP contribution in [0.1, 0.15) is 18.5 Å². The van der Waals surface area contributed by atoms with Crippen LogP contribution in [0.25, 0.3) is 0 Å². The summed E-state index contributed by atoms with van der Waals surface area (Å²) in [4.78, 5) is 4.23. The average Bonchev–Trinajstić information content (AvgIpc) is 2.17. The van der Waals surface area contributed by atoms with Crippen molar-refractivity contribution in [3.05, 3.63) is 42.7 Å². The minimum Gasteiger partial charge on any atom is -0.327 e. The van der Waals surface area contributed by atoms with E-state index < -0.39 is 0 Å². The Bertz CT molecular complexity index is 244. The number of rotatable bonds is 5. The van der Waals surface area contributed by atoms with Crippen LogP contribution in [0.15, 0.2) is 37.1 Å². The minimum absolute atomic E-state index is 0.222. The summed E-state index contributed by atoms with van der Waals surface area (Å²) in [5.41, 5.74) is 6.95. The van der Waals surface area contributed by atoms with E-state index in [2.05, 4.69) is 11.6 Å². The van der Waals surface area contributed by atoms with Crippen LogP contribution in [-0.2, 0) is 6.42 Å². The molecule has 0 saturated carbocycles. The smallest absolute Gasteiger partial charge is 0.0404 e. The van der Waals surface area contributed by atoms with Crippen LogP contribution in [0.4, 0.5) is 0 Å². The predicted molar refractivity (Wildman–Crippen MR) is 55.3 cm³/mol. The Kier molecular flexibility index (Phi) is 4.19. The fourth-order valence-corrected chi connectivity index (χ4v) is 1.21. The summed E-state index contributed by atoms with van der Waals surface area (Å²) in [5, 5.41) is 0. The molecule has 13 heavy (non-hydrogen) atoms. The normalized spacial score (nSPS) is 12.4. The first-order valence-corrected chi connectivity index (χ1v) is 4.59. The fraction of sp³-hybridized carbons (Fsp3) is 0.364. The molecule has 70 valence electrons. The molecule has 0 bridgehead atoms. The lowest BCUT2D eigenvalue weighted by Gasteiger charge is -2.07. The number of aryl methyl sites for hydroxylation is 1. The zero-order valence-electron chi connectivity index (χ0n) is 7.82. The fourth-order valence-electron chi connectivity index (χ4n) is 1.21. The highest BCUT2D eigenvalue weighted by molar-refractivity contribution is 5.03. The van der Waals surface area contributed by atoms with Gasteiger partial charge in [-0.25, -0.2) is 0 Å². The molecule has 0 saturated heterocycles. The monoisotopic (exact) mass is 176 g/mol. The number of hydrogen-bond donors (Lipinski definition) is 1. The molecule has 1 rings (SSSR count). The Morgan fingerprint density at radius 3 is 3.00 bits per heavy atom. The molecule has 1 aromatic heterocycles. The van der Waals surface area contributed by atoms with Gasteiger partial charge in [-0.3, -0.25) is 4.98 Å². The quantitative estimate of drug-likeness (QED) is 0.696. The van der Waals surface area contributed by atoms with Gasteiger partial charge >= 0.3 is 0 Å². The zero-order valence-corrected chi connectivity index (χ0v) is 7.82. The molecule has 0 aromatic carbocycles. The zero-order chi connectivity index (χ0) is 9.52. The molecule has 0 radical (unpaired) electrons. The van der Waals surface area contributed by atoms with Crippen molar-refractivity contribution in [1.82, 2.24) is 4.98 Å². The molecule has 0 aliphatic carbocycles. The second-order valence-electron chi connectivity index (χ2n) is 3.14. The standard InChI is InChI=1S/C11H16N2/c1-2-5-10(12)7-8-11-6-3-4-9-13-11/h2-4,6,9-10H,1,5,7-8,12H2. The summed E-state index contributed by atoms with van der Waals surface area (Å²) in [6, 6.07) is 6.18. The highest BCUT2D eigenvalue weighted by Gasteiger charge is 2.00. The van der Waals surface area contributed by atoms with Crippen LogP contribution >= 0.6 is 0 Å². The van der Waals surface area contributed by atoms with Crippen molar-refractivity contribution in [2.45, 2.75) is 25.3 Å². The van der Waals surface area contributed by atoms with E-state index in [0.29, 0.717) is 0 Å². The molecule has 1 aromatic rings.